The number of likely N-dealkylation sites (N-methyl/N-ethyl adjacent to an activating group) is 1. The highest BCUT2D eigenvalue weighted by molar-refractivity contribution is 6.07. The lowest BCUT2D eigenvalue weighted by Crippen LogP contribution is -2.39. The summed E-state index contributed by atoms with van der Waals surface area (Å²) in [6.07, 6.45) is 0.0842. The second-order valence-corrected chi connectivity index (χ2v) is 9.95. The predicted octanol–water partition coefficient (Wildman–Crippen LogP) is 7.81. The van der Waals surface area contributed by atoms with E-state index in [0.717, 1.165) is 12.2 Å². The molecular weight excluding hydrogens is 436 g/mol. The smallest absolute Gasteiger partial charge is 0.0904 e. The fourth-order valence-electron chi connectivity index (χ4n) is 6.25. The quantitative estimate of drug-likeness (QED) is 0.269. The minimum atomic E-state index is 0.0842. The molecule has 1 aliphatic heterocycles. The van der Waals surface area contributed by atoms with Crippen LogP contribution in [0.5, 0.6) is 0 Å². The maximum absolute atomic E-state index is 4.37. The summed E-state index contributed by atoms with van der Waals surface area (Å²) < 4.78 is 0. The van der Waals surface area contributed by atoms with Crippen molar-refractivity contribution in [1.82, 2.24) is 10.2 Å². The summed E-state index contributed by atoms with van der Waals surface area (Å²) in [6.45, 7) is 5.16. The molecule has 2 heteroatoms. The molecule has 1 heterocycles. The number of hydrogen-bond acceptors (Lipinski definition) is 2. The van der Waals surface area contributed by atoms with Crippen molar-refractivity contribution in [2.45, 2.75) is 12.1 Å². The molecule has 174 valence electrons. The minimum Gasteiger partial charge on any atom is -0.361 e. The third-order valence-electron chi connectivity index (χ3n) is 7.99. The van der Waals surface area contributed by atoms with E-state index >= 15 is 0 Å². The van der Waals surface area contributed by atoms with Gasteiger partial charge in [0.25, 0.3) is 0 Å². The molecule has 0 spiro atoms. The summed E-state index contributed by atoms with van der Waals surface area (Å²) in [4.78, 5) is 2.34. The van der Waals surface area contributed by atoms with Crippen LogP contribution in [0.3, 0.4) is 0 Å². The number of hydrogen-bond donors (Lipinski definition) is 1. The Balaban J connectivity index is 1.69. The fraction of sp³-hybridized carbons (Fsp3) is 0.118. The molecule has 1 N–H and O–H groups in total. The van der Waals surface area contributed by atoms with Crippen molar-refractivity contribution in [2.24, 2.45) is 0 Å². The zero-order valence-corrected chi connectivity index (χ0v) is 20.4. The largest absolute Gasteiger partial charge is 0.361 e. The van der Waals surface area contributed by atoms with Crippen LogP contribution in [0, 0.1) is 0 Å². The van der Waals surface area contributed by atoms with E-state index in [9.17, 15) is 0 Å². The number of rotatable bonds is 3. The van der Waals surface area contributed by atoms with Crippen LogP contribution in [-0.2, 0) is 0 Å². The lowest BCUT2D eigenvalue weighted by molar-refractivity contribution is 0.303. The van der Waals surface area contributed by atoms with Gasteiger partial charge >= 0.3 is 0 Å². The van der Waals surface area contributed by atoms with Gasteiger partial charge in [0.05, 0.1) is 6.17 Å². The van der Waals surface area contributed by atoms with Crippen molar-refractivity contribution < 1.29 is 0 Å². The van der Waals surface area contributed by atoms with E-state index in [0.29, 0.717) is 0 Å². The van der Waals surface area contributed by atoms with E-state index < -0.39 is 0 Å². The van der Waals surface area contributed by atoms with Crippen molar-refractivity contribution >= 4 is 43.1 Å². The molecule has 0 aromatic heterocycles. The summed E-state index contributed by atoms with van der Waals surface area (Å²) >= 11 is 0. The Kier molecular flexibility index (Phi) is 4.83. The topological polar surface area (TPSA) is 15.3 Å². The Labute approximate surface area is 211 Å². The lowest BCUT2D eigenvalue weighted by atomic mass is 9.78. The van der Waals surface area contributed by atoms with Crippen molar-refractivity contribution in [3.63, 3.8) is 0 Å². The van der Waals surface area contributed by atoms with Gasteiger partial charge in [-0.25, -0.2) is 0 Å². The summed E-state index contributed by atoms with van der Waals surface area (Å²) in [5.41, 5.74) is 3.88. The third kappa shape index (κ3) is 3.15. The first-order chi connectivity index (χ1) is 17.7. The molecule has 1 unspecified atom stereocenters. The molecular formula is C34H28N2. The van der Waals surface area contributed by atoms with Crippen molar-refractivity contribution in [3.8, 4) is 0 Å². The van der Waals surface area contributed by atoms with E-state index in [2.05, 4.69) is 133 Å². The van der Waals surface area contributed by atoms with Crippen LogP contribution >= 0.6 is 0 Å². The van der Waals surface area contributed by atoms with E-state index in [4.69, 9.17) is 0 Å². The maximum Gasteiger partial charge on any atom is 0.0904 e. The van der Waals surface area contributed by atoms with Gasteiger partial charge in [-0.3, -0.25) is 5.32 Å². The first-order valence-corrected chi connectivity index (χ1v) is 12.7. The highest BCUT2D eigenvalue weighted by atomic mass is 15.3. The van der Waals surface area contributed by atoms with Crippen LogP contribution in [0.2, 0.25) is 0 Å². The second kappa shape index (κ2) is 8.22. The number of nitrogens with zero attached hydrogens (tertiary/aromatic N) is 1. The minimum absolute atomic E-state index is 0.0842. The Hall–Kier alpha value is -4.14. The first kappa shape index (κ1) is 21.2. The van der Waals surface area contributed by atoms with E-state index in [1.54, 1.807) is 0 Å². The highest BCUT2D eigenvalue weighted by Crippen LogP contribution is 2.45. The normalized spacial score (nSPS) is 16.2. The Bertz CT molecular complexity index is 1570. The van der Waals surface area contributed by atoms with E-state index in [1.165, 1.54) is 54.2 Å². The average Bonchev–Trinajstić information content (AvgIpc) is 3.25. The average molecular weight is 465 g/mol. The zero-order chi connectivity index (χ0) is 24.2. The van der Waals surface area contributed by atoms with E-state index in [-0.39, 0.29) is 12.1 Å². The molecule has 1 aliphatic rings. The maximum atomic E-state index is 4.37. The van der Waals surface area contributed by atoms with Gasteiger partial charge in [0.2, 0.25) is 0 Å². The molecule has 1 fully saturated rings. The standard InChI is InChI=1S/C34H28N2/c1-22-21-35-34(36(22)2)33(31-27-15-7-3-11-23(27)19-24-12-4-8-16-28(24)31)32-29-17-9-5-13-25(29)20-26-14-6-10-18-30(26)32/h3-20,33-35H,1,21H2,2H3. The molecule has 0 radical (unpaired) electrons. The van der Waals surface area contributed by atoms with Crippen molar-refractivity contribution in [2.75, 3.05) is 13.6 Å². The number of fused-ring (bicyclic) bond motifs is 4. The van der Waals surface area contributed by atoms with Gasteiger partial charge in [0.15, 0.2) is 0 Å². The van der Waals surface area contributed by atoms with Crippen LogP contribution < -0.4 is 5.32 Å². The van der Waals surface area contributed by atoms with Crippen LogP contribution in [-0.4, -0.2) is 24.7 Å². The van der Waals surface area contributed by atoms with Crippen LogP contribution in [0.1, 0.15) is 17.0 Å². The zero-order valence-electron chi connectivity index (χ0n) is 20.4. The molecule has 0 amide bonds. The van der Waals surface area contributed by atoms with Crippen molar-refractivity contribution in [1.29, 1.82) is 0 Å². The van der Waals surface area contributed by atoms with Crippen LogP contribution in [0.15, 0.2) is 121 Å². The van der Waals surface area contributed by atoms with E-state index in [1.807, 2.05) is 0 Å². The molecule has 6 aromatic carbocycles. The molecule has 0 bridgehead atoms. The van der Waals surface area contributed by atoms with Gasteiger partial charge in [-0.05, 0) is 66.3 Å². The van der Waals surface area contributed by atoms with Gasteiger partial charge in [0, 0.05) is 25.2 Å². The molecule has 36 heavy (non-hydrogen) atoms. The first-order valence-electron chi connectivity index (χ1n) is 12.7. The molecule has 2 nitrogen and oxygen atoms in total. The molecule has 6 aromatic rings. The number of benzene rings is 6. The molecule has 0 aliphatic carbocycles. The SMILES string of the molecule is C=C1CNC(C(c2c3ccccc3cc3ccccc23)c2c3ccccc3cc3ccccc23)N1C. The lowest BCUT2D eigenvalue weighted by Gasteiger charge is -2.34. The second-order valence-electron chi connectivity index (χ2n) is 9.95. The van der Waals surface area contributed by atoms with Gasteiger partial charge in [-0.2, -0.15) is 0 Å². The van der Waals surface area contributed by atoms with Gasteiger partial charge in [-0.1, -0.05) is 104 Å². The van der Waals surface area contributed by atoms with Gasteiger partial charge in [0.1, 0.15) is 0 Å². The molecule has 1 atom stereocenters. The highest BCUT2D eigenvalue weighted by Gasteiger charge is 2.36. The monoisotopic (exact) mass is 464 g/mol. The van der Waals surface area contributed by atoms with Crippen LogP contribution in [0.4, 0.5) is 0 Å². The Morgan fingerprint density at radius 2 is 1.00 bits per heavy atom. The van der Waals surface area contributed by atoms with Gasteiger partial charge in [-0.15, -0.1) is 0 Å². The summed E-state index contributed by atoms with van der Waals surface area (Å²) in [7, 11) is 2.18. The fourth-order valence-corrected chi connectivity index (χ4v) is 6.25. The summed E-state index contributed by atoms with van der Waals surface area (Å²) in [6, 6.07) is 40.1. The predicted molar refractivity (Wildman–Crippen MR) is 153 cm³/mol. The Morgan fingerprint density at radius 1 is 0.639 bits per heavy atom. The molecule has 7 rings (SSSR count). The molecule has 1 saturated heterocycles. The Morgan fingerprint density at radius 3 is 1.33 bits per heavy atom. The van der Waals surface area contributed by atoms with Gasteiger partial charge < -0.3 is 4.90 Å². The summed E-state index contributed by atoms with van der Waals surface area (Å²) in [5, 5.41) is 14.2. The van der Waals surface area contributed by atoms with Crippen molar-refractivity contribution in [3.05, 3.63) is 133 Å². The summed E-state index contributed by atoms with van der Waals surface area (Å²) in [5.74, 6) is 0.0845. The third-order valence-corrected chi connectivity index (χ3v) is 7.99. The molecule has 0 saturated carbocycles. The van der Waals surface area contributed by atoms with Crippen LogP contribution in [0.25, 0.3) is 43.1 Å². The number of nitrogens with one attached hydrogen (secondary N) is 1.